The zero-order chi connectivity index (χ0) is 11.1. The van der Waals surface area contributed by atoms with Crippen molar-refractivity contribution in [3.63, 3.8) is 0 Å². The fourth-order valence-electron chi connectivity index (χ4n) is 0.999. The van der Waals surface area contributed by atoms with E-state index in [1.54, 1.807) is 12.2 Å². The van der Waals surface area contributed by atoms with E-state index >= 15 is 0 Å². The van der Waals surface area contributed by atoms with Gasteiger partial charge in [-0.15, -0.1) is 11.3 Å². The molecular formula is C9H9N3O2S. The van der Waals surface area contributed by atoms with Crippen LogP contribution in [0.25, 0.3) is 16.5 Å². The van der Waals surface area contributed by atoms with Crippen molar-refractivity contribution in [1.29, 1.82) is 0 Å². The van der Waals surface area contributed by atoms with Crippen LogP contribution >= 0.6 is 11.3 Å². The van der Waals surface area contributed by atoms with E-state index < -0.39 is 5.97 Å². The summed E-state index contributed by atoms with van der Waals surface area (Å²) in [5.41, 5.74) is 8.96. The molecule has 0 fully saturated rings. The Morgan fingerprint density at radius 3 is 3.20 bits per heavy atom. The quantitative estimate of drug-likeness (QED) is 0.472. The second-order valence-corrected chi connectivity index (χ2v) is 3.73. The third kappa shape index (κ3) is 4.30. The number of azide groups is 1. The number of carboxylic acid groups (broad SMARTS) is 1. The molecule has 1 heterocycles. The fraction of sp³-hybridized carbons (Fsp3) is 0.222. The first-order chi connectivity index (χ1) is 7.22. The van der Waals surface area contributed by atoms with Gasteiger partial charge in [0.05, 0.1) is 6.42 Å². The first-order valence-corrected chi connectivity index (χ1v) is 5.07. The predicted octanol–water partition coefficient (Wildman–Crippen LogP) is 2.70. The molecule has 0 bridgehead atoms. The van der Waals surface area contributed by atoms with Crippen LogP contribution in [0.15, 0.2) is 22.6 Å². The van der Waals surface area contributed by atoms with E-state index in [0.29, 0.717) is 6.54 Å². The number of hydrogen-bond acceptors (Lipinski definition) is 3. The van der Waals surface area contributed by atoms with Crippen molar-refractivity contribution in [3.8, 4) is 0 Å². The first-order valence-electron chi connectivity index (χ1n) is 4.19. The summed E-state index contributed by atoms with van der Waals surface area (Å²) in [5, 5.41) is 13.8. The van der Waals surface area contributed by atoms with E-state index in [1.165, 1.54) is 11.3 Å². The van der Waals surface area contributed by atoms with Gasteiger partial charge in [0.1, 0.15) is 0 Å². The third-order valence-electron chi connectivity index (χ3n) is 1.56. The number of carboxylic acids is 1. The average molecular weight is 223 g/mol. The Morgan fingerprint density at radius 1 is 1.73 bits per heavy atom. The van der Waals surface area contributed by atoms with Crippen molar-refractivity contribution in [2.75, 3.05) is 6.54 Å². The van der Waals surface area contributed by atoms with Crippen LogP contribution in [0.2, 0.25) is 0 Å². The number of hydrogen-bond donors (Lipinski definition) is 1. The lowest BCUT2D eigenvalue weighted by molar-refractivity contribution is -0.136. The fourth-order valence-corrected chi connectivity index (χ4v) is 1.84. The second kappa shape index (κ2) is 5.85. The van der Waals surface area contributed by atoms with Crippen molar-refractivity contribution in [1.82, 2.24) is 0 Å². The molecule has 1 N–H and O–H groups in total. The van der Waals surface area contributed by atoms with E-state index in [-0.39, 0.29) is 6.42 Å². The molecule has 78 valence electrons. The highest BCUT2D eigenvalue weighted by Gasteiger charge is 2.02. The maximum Gasteiger partial charge on any atom is 0.308 e. The lowest BCUT2D eigenvalue weighted by Crippen LogP contribution is -1.97. The number of thiophene rings is 1. The Morgan fingerprint density at radius 2 is 2.53 bits per heavy atom. The standard InChI is InChI=1S/C9H9N3O2S/c10-12-11-3-1-2-7-4-8(15-6-7)5-9(13)14/h1-2,4,6H,3,5H2,(H,13,14). The van der Waals surface area contributed by atoms with Crippen LogP contribution in [-0.4, -0.2) is 17.6 Å². The third-order valence-corrected chi connectivity index (χ3v) is 2.52. The van der Waals surface area contributed by atoms with Crippen LogP contribution in [0, 0.1) is 0 Å². The Hall–Kier alpha value is -1.78. The maximum atomic E-state index is 10.4. The first kappa shape index (κ1) is 11.3. The van der Waals surface area contributed by atoms with Gasteiger partial charge in [0.25, 0.3) is 0 Å². The van der Waals surface area contributed by atoms with Crippen molar-refractivity contribution >= 4 is 23.4 Å². The summed E-state index contributed by atoms with van der Waals surface area (Å²) in [7, 11) is 0. The van der Waals surface area contributed by atoms with E-state index in [4.69, 9.17) is 10.6 Å². The lowest BCUT2D eigenvalue weighted by Gasteiger charge is -1.86. The minimum absolute atomic E-state index is 0.0505. The Balaban J connectivity index is 2.56. The monoisotopic (exact) mass is 223 g/mol. The van der Waals surface area contributed by atoms with Crippen molar-refractivity contribution < 1.29 is 9.90 Å². The van der Waals surface area contributed by atoms with Crippen LogP contribution in [-0.2, 0) is 11.2 Å². The number of aliphatic carboxylic acids is 1. The smallest absolute Gasteiger partial charge is 0.308 e. The molecule has 6 heteroatoms. The Kier molecular flexibility index (Phi) is 4.40. The minimum Gasteiger partial charge on any atom is -0.481 e. The highest BCUT2D eigenvalue weighted by atomic mass is 32.1. The molecule has 0 atom stereocenters. The van der Waals surface area contributed by atoms with E-state index in [0.717, 1.165) is 10.4 Å². The number of rotatable bonds is 5. The van der Waals surface area contributed by atoms with Crippen molar-refractivity contribution in [3.05, 3.63) is 38.4 Å². The van der Waals surface area contributed by atoms with Gasteiger partial charge < -0.3 is 5.11 Å². The molecule has 0 radical (unpaired) electrons. The molecule has 1 aromatic heterocycles. The van der Waals surface area contributed by atoms with Crippen molar-refractivity contribution in [2.24, 2.45) is 5.11 Å². The normalized spacial score (nSPS) is 10.1. The van der Waals surface area contributed by atoms with Gasteiger partial charge in [-0.2, -0.15) is 0 Å². The van der Waals surface area contributed by atoms with Crippen LogP contribution in [0.4, 0.5) is 0 Å². The number of nitrogens with zero attached hydrogens (tertiary/aromatic N) is 3. The largest absolute Gasteiger partial charge is 0.481 e. The summed E-state index contributed by atoms with van der Waals surface area (Å²) in [6, 6.07) is 1.81. The summed E-state index contributed by atoms with van der Waals surface area (Å²) in [5.74, 6) is -0.832. The van der Waals surface area contributed by atoms with Gasteiger partial charge in [0.15, 0.2) is 0 Å². The molecule has 0 amide bonds. The topological polar surface area (TPSA) is 86.1 Å². The molecule has 0 unspecified atom stereocenters. The summed E-state index contributed by atoms with van der Waals surface area (Å²) < 4.78 is 0. The molecular weight excluding hydrogens is 214 g/mol. The van der Waals surface area contributed by atoms with E-state index in [9.17, 15) is 4.79 Å². The number of carbonyl (C=O) groups is 1. The molecule has 0 aliphatic carbocycles. The van der Waals surface area contributed by atoms with Crippen LogP contribution < -0.4 is 0 Å². The van der Waals surface area contributed by atoms with Gasteiger partial charge >= 0.3 is 5.97 Å². The molecule has 0 aromatic carbocycles. The van der Waals surface area contributed by atoms with Gasteiger partial charge in [-0.1, -0.05) is 17.3 Å². The minimum atomic E-state index is -0.832. The summed E-state index contributed by atoms with van der Waals surface area (Å²) in [6.45, 7) is 0.306. The average Bonchev–Trinajstić information content (AvgIpc) is 2.59. The molecule has 1 rings (SSSR count). The van der Waals surface area contributed by atoms with Gasteiger partial charge in [0.2, 0.25) is 0 Å². The molecule has 0 saturated heterocycles. The van der Waals surface area contributed by atoms with E-state index in [2.05, 4.69) is 10.0 Å². The van der Waals surface area contributed by atoms with Crippen LogP contribution in [0.1, 0.15) is 10.4 Å². The summed E-state index contributed by atoms with van der Waals surface area (Å²) >= 11 is 1.41. The predicted molar refractivity (Wildman–Crippen MR) is 58.7 cm³/mol. The SMILES string of the molecule is [N-]=[N+]=NCC=Cc1csc(CC(=O)O)c1. The highest BCUT2D eigenvalue weighted by molar-refractivity contribution is 7.10. The lowest BCUT2D eigenvalue weighted by atomic mass is 10.2. The molecule has 1 aromatic rings. The molecule has 0 aliphatic heterocycles. The Labute approximate surface area is 90.3 Å². The molecule has 0 spiro atoms. The maximum absolute atomic E-state index is 10.4. The zero-order valence-electron chi connectivity index (χ0n) is 7.83. The molecule has 0 aliphatic rings. The summed E-state index contributed by atoms with van der Waals surface area (Å²) in [6.07, 6.45) is 3.58. The van der Waals surface area contributed by atoms with Crippen LogP contribution in [0.5, 0.6) is 0 Å². The zero-order valence-corrected chi connectivity index (χ0v) is 8.65. The molecule has 15 heavy (non-hydrogen) atoms. The second-order valence-electron chi connectivity index (χ2n) is 2.73. The summed E-state index contributed by atoms with van der Waals surface area (Å²) in [4.78, 5) is 13.8. The molecule has 5 nitrogen and oxygen atoms in total. The van der Waals surface area contributed by atoms with Crippen LogP contribution in [0.3, 0.4) is 0 Å². The van der Waals surface area contributed by atoms with Gasteiger partial charge in [-0.05, 0) is 22.5 Å². The van der Waals surface area contributed by atoms with Gasteiger partial charge in [-0.3, -0.25) is 4.79 Å². The highest BCUT2D eigenvalue weighted by Crippen LogP contribution is 2.16. The Bertz CT molecular complexity index is 419. The molecule has 0 saturated carbocycles. The van der Waals surface area contributed by atoms with Gasteiger partial charge in [-0.25, -0.2) is 0 Å². The van der Waals surface area contributed by atoms with Crippen molar-refractivity contribution in [2.45, 2.75) is 6.42 Å². The van der Waals surface area contributed by atoms with E-state index in [1.807, 2.05) is 11.4 Å². The van der Waals surface area contributed by atoms with Gasteiger partial charge in [0, 0.05) is 16.3 Å².